The Bertz CT molecular complexity index is 1160. The molecule has 9 heteroatoms. The number of nitrogens with zero attached hydrogens (tertiary/aromatic N) is 2. The smallest absolute Gasteiger partial charge is 0.244 e. The molecule has 0 radical (unpaired) electrons. The average molecular weight is 516 g/mol. The van der Waals surface area contributed by atoms with Gasteiger partial charge in [-0.2, -0.15) is 0 Å². The van der Waals surface area contributed by atoms with Gasteiger partial charge in [0, 0.05) is 18.7 Å². The normalized spacial score (nSPS) is 14.8. The lowest BCUT2D eigenvalue weighted by Gasteiger charge is -2.33. The quantitative estimate of drug-likeness (QED) is 0.493. The van der Waals surface area contributed by atoms with Crippen molar-refractivity contribution >= 4 is 27.5 Å². The van der Waals surface area contributed by atoms with Gasteiger partial charge in [-0.05, 0) is 43.9 Å². The Hall–Kier alpha value is -3.07. The van der Waals surface area contributed by atoms with Gasteiger partial charge >= 0.3 is 0 Å². The van der Waals surface area contributed by atoms with Crippen molar-refractivity contribution < 1.29 is 22.7 Å². The highest BCUT2D eigenvalue weighted by atomic mass is 32.2. The van der Waals surface area contributed by atoms with Gasteiger partial charge in [0.2, 0.25) is 21.8 Å². The van der Waals surface area contributed by atoms with Crippen LogP contribution in [0, 0.1) is 6.92 Å². The van der Waals surface area contributed by atoms with Crippen LogP contribution in [0.5, 0.6) is 5.75 Å². The first-order chi connectivity index (χ1) is 17.1. The molecular weight excluding hydrogens is 478 g/mol. The lowest BCUT2D eigenvalue weighted by molar-refractivity contribution is -0.140. The Labute approximate surface area is 214 Å². The molecule has 1 N–H and O–H groups in total. The predicted molar refractivity (Wildman–Crippen MR) is 141 cm³/mol. The average Bonchev–Trinajstić information content (AvgIpc) is 3.34. The van der Waals surface area contributed by atoms with E-state index in [1.807, 2.05) is 38.1 Å². The highest BCUT2D eigenvalue weighted by Gasteiger charge is 2.33. The fourth-order valence-electron chi connectivity index (χ4n) is 4.67. The van der Waals surface area contributed by atoms with Crippen molar-refractivity contribution in [2.24, 2.45) is 0 Å². The van der Waals surface area contributed by atoms with Crippen molar-refractivity contribution in [3.05, 3.63) is 59.7 Å². The van der Waals surface area contributed by atoms with Crippen LogP contribution < -0.4 is 14.4 Å². The van der Waals surface area contributed by atoms with Crippen LogP contribution in [0.2, 0.25) is 0 Å². The molecule has 36 heavy (non-hydrogen) atoms. The predicted octanol–water partition coefficient (Wildman–Crippen LogP) is 3.64. The monoisotopic (exact) mass is 515 g/mol. The summed E-state index contributed by atoms with van der Waals surface area (Å²) in [6.07, 6.45) is 5.51. The lowest BCUT2D eigenvalue weighted by Crippen LogP contribution is -2.53. The van der Waals surface area contributed by atoms with E-state index in [1.165, 1.54) is 12.0 Å². The van der Waals surface area contributed by atoms with Gasteiger partial charge in [-0.15, -0.1) is 0 Å². The summed E-state index contributed by atoms with van der Waals surface area (Å²) < 4.78 is 31.8. The number of hydrogen-bond donors (Lipinski definition) is 1. The number of anilines is 1. The zero-order valence-corrected chi connectivity index (χ0v) is 22.4. The number of rotatable bonds is 11. The number of amides is 2. The number of sulfonamides is 1. The molecule has 0 unspecified atom stereocenters. The third-order valence-electron chi connectivity index (χ3n) is 6.54. The number of carbonyl (C=O) groups is 2. The Morgan fingerprint density at radius 1 is 1.11 bits per heavy atom. The number of benzene rings is 2. The molecule has 8 nitrogen and oxygen atoms in total. The number of hydrogen-bond acceptors (Lipinski definition) is 5. The molecule has 2 aromatic carbocycles. The second-order valence-electron chi connectivity index (χ2n) is 9.40. The standard InChI is InChI=1S/C27H37N3O5S/c1-5-25(27(32)28-22-12-6-7-13-22)29(18-21-11-8-10-20(2)16-21)26(31)19-30(36(4,33)34)23-14-9-15-24(17-23)35-3/h8-11,14-17,22,25H,5-7,12-13,18-19H2,1-4H3,(H,28,32)/t25-/m1/s1. The molecule has 3 rings (SSSR count). The number of methoxy groups -OCH3 is 1. The van der Waals surface area contributed by atoms with Crippen LogP contribution in [0.15, 0.2) is 48.5 Å². The summed E-state index contributed by atoms with van der Waals surface area (Å²) in [5.74, 6) is -0.163. The topological polar surface area (TPSA) is 96.0 Å². The zero-order chi connectivity index (χ0) is 26.3. The first kappa shape index (κ1) is 27.5. The Kier molecular flexibility index (Phi) is 9.37. The van der Waals surface area contributed by atoms with E-state index in [9.17, 15) is 18.0 Å². The van der Waals surface area contributed by atoms with Gasteiger partial charge in [-0.25, -0.2) is 8.42 Å². The van der Waals surface area contributed by atoms with Crippen molar-refractivity contribution in [1.29, 1.82) is 0 Å². The van der Waals surface area contributed by atoms with E-state index >= 15 is 0 Å². The number of nitrogens with one attached hydrogen (secondary N) is 1. The lowest BCUT2D eigenvalue weighted by atomic mass is 10.1. The van der Waals surface area contributed by atoms with Crippen LogP contribution in [0.3, 0.4) is 0 Å². The molecule has 2 aromatic rings. The summed E-state index contributed by atoms with van der Waals surface area (Å²) in [6.45, 7) is 3.61. The molecule has 1 aliphatic rings. The van der Waals surface area contributed by atoms with E-state index in [1.54, 1.807) is 24.3 Å². The van der Waals surface area contributed by atoms with Crippen LogP contribution in [-0.4, -0.2) is 57.1 Å². The maximum Gasteiger partial charge on any atom is 0.244 e. The Morgan fingerprint density at radius 3 is 2.42 bits per heavy atom. The molecule has 0 aliphatic heterocycles. The number of carbonyl (C=O) groups excluding carboxylic acids is 2. The molecule has 0 bridgehead atoms. The molecule has 0 spiro atoms. The molecule has 196 valence electrons. The van der Waals surface area contributed by atoms with Crippen LogP contribution in [0.1, 0.15) is 50.2 Å². The minimum atomic E-state index is -3.79. The minimum absolute atomic E-state index is 0.117. The van der Waals surface area contributed by atoms with Crippen LogP contribution in [-0.2, 0) is 26.2 Å². The van der Waals surface area contributed by atoms with E-state index in [2.05, 4.69) is 5.32 Å². The molecule has 1 saturated carbocycles. The Morgan fingerprint density at radius 2 is 1.81 bits per heavy atom. The van der Waals surface area contributed by atoms with Crippen LogP contribution in [0.4, 0.5) is 5.69 Å². The number of aryl methyl sites for hydroxylation is 1. The summed E-state index contributed by atoms with van der Waals surface area (Å²) in [6, 6.07) is 13.7. The third kappa shape index (κ3) is 7.22. The van der Waals surface area contributed by atoms with Crippen molar-refractivity contribution in [1.82, 2.24) is 10.2 Å². The zero-order valence-electron chi connectivity index (χ0n) is 21.6. The van der Waals surface area contributed by atoms with Crippen molar-refractivity contribution in [2.45, 2.75) is 64.6 Å². The van der Waals surface area contributed by atoms with Gasteiger partial charge in [-0.1, -0.05) is 55.7 Å². The first-order valence-electron chi connectivity index (χ1n) is 12.4. The second kappa shape index (κ2) is 12.3. The largest absolute Gasteiger partial charge is 0.497 e. The summed E-state index contributed by atoms with van der Waals surface area (Å²) in [7, 11) is -2.30. The molecule has 0 saturated heterocycles. The maximum atomic E-state index is 13.8. The van der Waals surface area contributed by atoms with E-state index in [0.29, 0.717) is 17.9 Å². The molecule has 0 heterocycles. The van der Waals surface area contributed by atoms with Gasteiger partial charge < -0.3 is 15.0 Å². The van der Waals surface area contributed by atoms with Gasteiger partial charge in [0.05, 0.1) is 19.1 Å². The minimum Gasteiger partial charge on any atom is -0.497 e. The SMILES string of the molecule is CC[C@H](C(=O)NC1CCCC1)N(Cc1cccc(C)c1)C(=O)CN(c1cccc(OC)c1)S(C)(=O)=O. The first-order valence-corrected chi connectivity index (χ1v) is 14.2. The van der Waals surface area contributed by atoms with Crippen LogP contribution >= 0.6 is 0 Å². The fraction of sp³-hybridized carbons (Fsp3) is 0.481. The second-order valence-corrected chi connectivity index (χ2v) is 11.3. The van der Waals surface area contributed by atoms with Crippen molar-refractivity contribution in [3.63, 3.8) is 0 Å². The van der Waals surface area contributed by atoms with Crippen LogP contribution in [0.25, 0.3) is 0 Å². The molecule has 1 aliphatic carbocycles. The highest BCUT2D eigenvalue weighted by molar-refractivity contribution is 7.92. The van der Waals surface area contributed by atoms with Crippen molar-refractivity contribution in [3.8, 4) is 5.75 Å². The fourth-order valence-corrected chi connectivity index (χ4v) is 5.51. The van der Waals surface area contributed by atoms with Gasteiger partial charge in [-0.3, -0.25) is 13.9 Å². The van der Waals surface area contributed by atoms with Crippen molar-refractivity contribution in [2.75, 3.05) is 24.2 Å². The number of ether oxygens (including phenoxy) is 1. The summed E-state index contributed by atoms with van der Waals surface area (Å²) in [5, 5.41) is 3.11. The maximum absolute atomic E-state index is 13.8. The summed E-state index contributed by atoms with van der Waals surface area (Å²) >= 11 is 0. The highest BCUT2D eigenvalue weighted by Crippen LogP contribution is 2.24. The molecule has 1 atom stereocenters. The Balaban J connectivity index is 1.93. The van der Waals surface area contributed by atoms with E-state index in [-0.39, 0.29) is 18.5 Å². The molecule has 0 aromatic heterocycles. The van der Waals surface area contributed by atoms with E-state index in [0.717, 1.165) is 47.4 Å². The van der Waals surface area contributed by atoms with E-state index in [4.69, 9.17) is 4.74 Å². The van der Waals surface area contributed by atoms with Gasteiger partial charge in [0.1, 0.15) is 18.3 Å². The molecule has 2 amide bonds. The third-order valence-corrected chi connectivity index (χ3v) is 7.68. The summed E-state index contributed by atoms with van der Waals surface area (Å²) in [4.78, 5) is 28.6. The van der Waals surface area contributed by atoms with E-state index < -0.39 is 28.5 Å². The summed E-state index contributed by atoms with van der Waals surface area (Å²) in [5.41, 5.74) is 2.24. The van der Waals surface area contributed by atoms with Gasteiger partial charge in [0.25, 0.3) is 0 Å². The molecular formula is C27H37N3O5S. The van der Waals surface area contributed by atoms with Gasteiger partial charge in [0.15, 0.2) is 0 Å². The molecule has 1 fully saturated rings.